The molecule has 1 rings (SSSR count). The number of rotatable bonds is 6. The van der Waals surface area contributed by atoms with Crippen molar-refractivity contribution in [3.63, 3.8) is 0 Å². The number of hydrogen-bond donors (Lipinski definition) is 1. The summed E-state index contributed by atoms with van der Waals surface area (Å²) in [5.74, 6) is -0.635. The Morgan fingerprint density at radius 1 is 1.21 bits per heavy atom. The van der Waals surface area contributed by atoms with Crippen LogP contribution in [-0.2, 0) is 0 Å². The molecular formula is C13H16F3NO2. The number of alkyl halides is 3. The first-order valence-corrected chi connectivity index (χ1v) is 6.06. The first kappa shape index (κ1) is 15.3. The maximum Gasteiger partial charge on any atom is 0.573 e. The Kier molecular flexibility index (Phi) is 5.66. The summed E-state index contributed by atoms with van der Waals surface area (Å²) in [7, 11) is 0. The molecule has 19 heavy (non-hydrogen) atoms. The van der Waals surface area contributed by atoms with Gasteiger partial charge in [-0.3, -0.25) is 4.79 Å². The molecule has 1 aromatic rings. The molecule has 0 radical (unpaired) electrons. The van der Waals surface area contributed by atoms with E-state index in [2.05, 4.69) is 17.0 Å². The lowest BCUT2D eigenvalue weighted by molar-refractivity contribution is -0.274. The SMILES string of the molecule is CCCCCNC(=O)c1ccc(OC(F)(F)F)cc1. The largest absolute Gasteiger partial charge is 0.573 e. The van der Waals surface area contributed by atoms with Gasteiger partial charge >= 0.3 is 6.36 Å². The average molecular weight is 275 g/mol. The predicted molar refractivity (Wildman–Crippen MR) is 65.0 cm³/mol. The van der Waals surface area contributed by atoms with Crippen LogP contribution in [0.4, 0.5) is 13.2 Å². The second-order valence-corrected chi connectivity index (χ2v) is 4.04. The topological polar surface area (TPSA) is 38.3 Å². The van der Waals surface area contributed by atoms with E-state index in [1.807, 2.05) is 0 Å². The molecule has 0 bridgehead atoms. The Labute approximate surface area is 109 Å². The Hall–Kier alpha value is -1.72. The summed E-state index contributed by atoms with van der Waals surface area (Å²) in [6.45, 7) is 2.62. The number of benzene rings is 1. The fraction of sp³-hybridized carbons (Fsp3) is 0.462. The van der Waals surface area contributed by atoms with Crippen molar-refractivity contribution in [2.45, 2.75) is 32.5 Å². The van der Waals surface area contributed by atoms with Gasteiger partial charge in [-0.2, -0.15) is 0 Å². The number of unbranched alkanes of at least 4 members (excludes halogenated alkanes) is 2. The molecule has 0 saturated carbocycles. The van der Waals surface area contributed by atoms with E-state index in [0.29, 0.717) is 12.1 Å². The molecule has 0 saturated heterocycles. The lowest BCUT2D eigenvalue weighted by Gasteiger charge is -2.09. The fourth-order valence-corrected chi connectivity index (χ4v) is 1.49. The van der Waals surface area contributed by atoms with Crippen LogP contribution in [0.1, 0.15) is 36.5 Å². The van der Waals surface area contributed by atoms with Gasteiger partial charge in [0.25, 0.3) is 5.91 Å². The van der Waals surface area contributed by atoms with Crippen molar-refractivity contribution in [1.82, 2.24) is 5.32 Å². The minimum atomic E-state index is -4.72. The molecule has 1 N–H and O–H groups in total. The second kappa shape index (κ2) is 7.01. The van der Waals surface area contributed by atoms with Gasteiger partial charge in [0, 0.05) is 12.1 Å². The van der Waals surface area contributed by atoms with Gasteiger partial charge in [0.2, 0.25) is 0 Å². The number of carbonyl (C=O) groups excluding carboxylic acids is 1. The van der Waals surface area contributed by atoms with Gasteiger partial charge in [0.05, 0.1) is 0 Å². The minimum Gasteiger partial charge on any atom is -0.406 e. The summed E-state index contributed by atoms with van der Waals surface area (Å²) in [6, 6.07) is 4.84. The Bertz CT molecular complexity index is 401. The smallest absolute Gasteiger partial charge is 0.406 e. The number of ether oxygens (including phenoxy) is 1. The van der Waals surface area contributed by atoms with E-state index >= 15 is 0 Å². The molecule has 0 aromatic heterocycles. The zero-order valence-corrected chi connectivity index (χ0v) is 10.6. The zero-order valence-electron chi connectivity index (χ0n) is 10.6. The van der Waals surface area contributed by atoms with Crippen molar-refractivity contribution in [1.29, 1.82) is 0 Å². The highest BCUT2D eigenvalue weighted by Crippen LogP contribution is 2.22. The molecule has 6 heteroatoms. The first-order chi connectivity index (χ1) is 8.92. The molecule has 106 valence electrons. The van der Waals surface area contributed by atoms with Crippen molar-refractivity contribution < 1.29 is 22.7 Å². The third-order valence-electron chi connectivity index (χ3n) is 2.42. The van der Waals surface area contributed by atoms with Crippen LogP contribution in [0.2, 0.25) is 0 Å². The summed E-state index contributed by atoms with van der Waals surface area (Å²) in [4.78, 5) is 11.6. The molecule has 0 atom stereocenters. The highest BCUT2D eigenvalue weighted by molar-refractivity contribution is 5.94. The van der Waals surface area contributed by atoms with Crippen molar-refractivity contribution >= 4 is 5.91 Å². The van der Waals surface area contributed by atoms with Gasteiger partial charge in [-0.15, -0.1) is 13.2 Å². The Morgan fingerprint density at radius 2 is 1.84 bits per heavy atom. The lowest BCUT2D eigenvalue weighted by Crippen LogP contribution is -2.24. The molecule has 0 fully saturated rings. The van der Waals surface area contributed by atoms with Gasteiger partial charge in [-0.25, -0.2) is 0 Å². The van der Waals surface area contributed by atoms with Crippen LogP contribution >= 0.6 is 0 Å². The van der Waals surface area contributed by atoms with Gasteiger partial charge in [-0.1, -0.05) is 19.8 Å². The van der Waals surface area contributed by atoms with Crippen LogP contribution in [-0.4, -0.2) is 18.8 Å². The first-order valence-electron chi connectivity index (χ1n) is 6.06. The molecule has 1 amide bonds. The average Bonchev–Trinajstić information content (AvgIpc) is 2.33. The molecule has 0 heterocycles. The van der Waals surface area contributed by atoms with Crippen LogP contribution in [0.5, 0.6) is 5.75 Å². The van der Waals surface area contributed by atoms with E-state index in [1.54, 1.807) is 0 Å². The number of carbonyl (C=O) groups is 1. The van der Waals surface area contributed by atoms with Gasteiger partial charge in [-0.05, 0) is 30.7 Å². The standard InChI is InChI=1S/C13H16F3NO2/c1-2-3-4-9-17-12(18)10-5-7-11(8-6-10)19-13(14,15)16/h5-8H,2-4,9H2,1H3,(H,17,18). The third kappa shape index (κ3) is 6.13. The quantitative estimate of drug-likeness (QED) is 0.807. The highest BCUT2D eigenvalue weighted by Gasteiger charge is 2.31. The summed E-state index contributed by atoms with van der Waals surface area (Å²) in [6.07, 6.45) is -1.75. The molecule has 1 aromatic carbocycles. The summed E-state index contributed by atoms with van der Waals surface area (Å²) >= 11 is 0. The molecule has 0 aliphatic heterocycles. The molecule has 0 aliphatic rings. The van der Waals surface area contributed by atoms with Crippen LogP contribution in [0, 0.1) is 0 Å². The Morgan fingerprint density at radius 3 is 2.37 bits per heavy atom. The van der Waals surface area contributed by atoms with E-state index in [9.17, 15) is 18.0 Å². The normalized spacial score (nSPS) is 11.2. The number of nitrogens with one attached hydrogen (secondary N) is 1. The van der Waals surface area contributed by atoms with Crippen molar-refractivity contribution in [3.05, 3.63) is 29.8 Å². The van der Waals surface area contributed by atoms with E-state index in [1.165, 1.54) is 12.1 Å². The van der Waals surface area contributed by atoms with Crippen LogP contribution in [0.15, 0.2) is 24.3 Å². The molecular weight excluding hydrogens is 259 g/mol. The van der Waals surface area contributed by atoms with Crippen LogP contribution < -0.4 is 10.1 Å². The second-order valence-electron chi connectivity index (χ2n) is 4.04. The molecule has 3 nitrogen and oxygen atoms in total. The number of amides is 1. The van der Waals surface area contributed by atoms with Gasteiger partial charge < -0.3 is 10.1 Å². The number of halogens is 3. The Balaban J connectivity index is 2.49. The van der Waals surface area contributed by atoms with E-state index in [0.717, 1.165) is 31.4 Å². The van der Waals surface area contributed by atoms with Gasteiger partial charge in [0.1, 0.15) is 5.75 Å². The highest BCUT2D eigenvalue weighted by atomic mass is 19.4. The monoisotopic (exact) mass is 275 g/mol. The van der Waals surface area contributed by atoms with Crippen molar-refractivity contribution in [3.8, 4) is 5.75 Å². The maximum atomic E-state index is 11.9. The van der Waals surface area contributed by atoms with Crippen molar-refractivity contribution in [2.24, 2.45) is 0 Å². The summed E-state index contributed by atoms with van der Waals surface area (Å²) in [5, 5.41) is 2.70. The minimum absolute atomic E-state index is 0.297. The lowest BCUT2D eigenvalue weighted by atomic mass is 10.2. The van der Waals surface area contributed by atoms with Crippen LogP contribution in [0.3, 0.4) is 0 Å². The fourth-order valence-electron chi connectivity index (χ4n) is 1.49. The number of hydrogen-bond acceptors (Lipinski definition) is 2. The predicted octanol–water partition coefficient (Wildman–Crippen LogP) is 3.51. The van der Waals surface area contributed by atoms with Gasteiger partial charge in [0.15, 0.2) is 0 Å². The molecule has 0 spiro atoms. The van der Waals surface area contributed by atoms with E-state index < -0.39 is 6.36 Å². The molecule has 0 aliphatic carbocycles. The maximum absolute atomic E-state index is 11.9. The van der Waals surface area contributed by atoms with E-state index in [4.69, 9.17) is 0 Å². The van der Waals surface area contributed by atoms with Crippen LogP contribution in [0.25, 0.3) is 0 Å². The zero-order chi connectivity index (χ0) is 14.3. The van der Waals surface area contributed by atoms with Crippen molar-refractivity contribution in [2.75, 3.05) is 6.54 Å². The molecule has 0 unspecified atom stereocenters. The summed E-state index contributed by atoms with van der Waals surface area (Å²) in [5.41, 5.74) is 0.311. The summed E-state index contributed by atoms with van der Waals surface area (Å²) < 4.78 is 39.5. The van der Waals surface area contributed by atoms with E-state index in [-0.39, 0.29) is 11.7 Å². The third-order valence-corrected chi connectivity index (χ3v) is 2.42.